The van der Waals surface area contributed by atoms with E-state index in [9.17, 15) is 5.11 Å². The first kappa shape index (κ1) is 12.3. The van der Waals surface area contributed by atoms with Crippen LogP contribution in [-0.4, -0.2) is 45.3 Å². The molecule has 0 bridgehead atoms. The molecule has 0 aliphatic carbocycles. The van der Waals surface area contributed by atoms with E-state index >= 15 is 0 Å². The van der Waals surface area contributed by atoms with E-state index in [-0.39, 0.29) is 5.28 Å². The Morgan fingerprint density at radius 1 is 1.47 bits per heavy atom. The van der Waals surface area contributed by atoms with Crippen molar-refractivity contribution in [2.24, 2.45) is 0 Å². The van der Waals surface area contributed by atoms with Crippen molar-refractivity contribution in [2.45, 2.75) is 25.9 Å². The lowest BCUT2D eigenvalue weighted by atomic mass is 10.1. The fourth-order valence-electron chi connectivity index (χ4n) is 1.83. The zero-order valence-electron chi connectivity index (χ0n) is 9.94. The van der Waals surface area contributed by atoms with E-state index in [2.05, 4.69) is 20.3 Å². The largest absolute Gasteiger partial charge is 0.388 e. The number of anilines is 2. The van der Waals surface area contributed by atoms with Gasteiger partial charge in [-0.05, 0) is 31.9 Å². The second-order valence-corrected chi connectivity index (χ2v) is 4.76. The number of hydrogen-bond acceptors (Lipinski definition) is 6. The van der Waals surface area contributed by atoms with Crippen molar-refractivity contribution >= 4 is 23.5 Å². The maximum atomic E-state index is 9.91. The van der Waals surface area contributed by atoms with Gasteiger partial charge in [-0.1, -0.05) is 0 Å². The maximum Gasteiger partial charge on any atom is 0.231 e. The van der Waals surface area contributed by atoms with Crippen LogP contribution in [0.25, 0.3) is 0 Å². The van der Waals surface area contributed by atoms with Gasteiger partial charge < -0.3 is 15.3 Å². The number of nitrogens with zero attached hydrogens (tertiary/aromatic N) is 4. The summed E-state index contributed by atoms with van der Waals surface area (Å²) in [6.45, 7) is 5.72. The number of β-amino-alcohol motifs (C(OH)–C–C–N with tert-alkyl or cyclic N) is 1. The van der Waals surface area contributed by atoms with Crippen LogP contribution in [0.15, 0.2) is 0 Å². The molecule has 1 aromatic rings. The summed E-state index contributed by atoms with van der Waals surface area (Å²) < 4.78 is 0. The van der Waals surface area contributed by atoms with Crippen molar-refractivity contribution in [3.05, 3.63) is 5.28 Å². The van der Waals surface area contributed by atoms with Crippen LogP contribution in [-0.2, 0) is 0 Å². The van der Waals surface area contributed by atoms with Gasteiger partial charge in [0.2, 0.25) is 17.2 Å². The Balaban J connectivity index is 2.21. The van der Waals surface area contributed by atoms with E-state index in [0.29, 0.717) is 24.9 Å². The molecular formula is C10H16ClN5O. The molecule has 2 rings (SSSR count). The maximum absolute atomic E-state index is 9.91. The molecule has 0 aromatic carbocycles. The molecular weight excluding hydrogens is 242 g/mol. The van der Waals surface area contributed by atoms with Crippen LogP contribution in [0.5, 0.6) is 0 Å². The second-order valence-electron chi connectivity index (χ2n) is 4.43. The van der Waals surface area contributed by atoms with E-state index in [4.69, 9.17) is 11.6 Å². The number of hydrogen-bond donors (Lipinski definition) is 2. The summed E-state index contributed by atoms with van der Waals surface area (Å²) in [5.74, 6) is 0.979. The molecule has 1 aliphatic rings. The molecule has 1 fully saturated rings. The molecule has 1 saturated heterocycles. The van der Waals surface area contributed by atoms with Crippen LogP contribution in [0, 0.1) is 0 Å². The second kappa shape index (κ2) is 4.62. The average molecular weight is 258 g/mol. The molecule has 7 heteroatoms. The van der Waals surface area contributed by atoms with Gasteiger partial charge in [0, 0.05) is 19.6 Å². The first-order valence-corrected chi connectivity index (χ1v) is 6.01. The summed E-state index contributed by atoms with van der Waals surface area (Å²) >= 11 is 5.84. The monoisotopic (exact) mass is 257 g/mol. The number of aliphatic hydroxyl groups is 1. The molecule has 17 heavy (non-hydrogen) atoms. The standard InChI is InChI=1S/C10H16ClN5O/c1-3-12-8-13-7(11)14-9(15-8)16-5-4-10(2,17)6-16/h17H,3-6H2,1-2H3,(H,12,13,14,15). The summed E-state index contributed by atoms with van der Waals surface area (Å²) in [6.07, 6.45) is 0.701. The predicted molar refractivity (Wildman–Crippen MR) is 66.5 cm³/mol. The topological polar surface area (TPSA) is 74.2 Å². The third-order valence-electron chi connectivity index (χ3n) is 2.67. The first-order chi connectivity index (χ1) is 8.00. The highest BCUT2D eigenvalue weighted by molar-refractivity contribution is 6.28. The quantitative estimate of drug-likeness (QED) is 0.839. The normalized spacial score (nSPS) is 24.1. The van der Waals surface area contributed by atoms with Gasteiger partial charge in [-0.15, -0.1) is 0 Å². The minimum atomic E-state index is -0.683. The minimum Gasteiger partial charge on any atom is -0.388 e. The molecule has 94 valence electrons. The molecule has 2 heterocycles. The Bertz CT molecular complexity index is 412. The number of nitrogens with one attached hydrogen (secondary N) is 1. The molecule has 0 saturated carbocycles. The third kappa shape index (κ3) is 2.95. The molecule has 0 amide bonds. The summed E-state index contributed by atoms with van der Waals surface area (Å²) in [6, 6.07) is 0. The highest BCUT2D eigenvalue weighted by atomic mass is 35.5. The molecule has 1 atom stereocenters. The van der Waals surface area contributed by atoms with E-state index < -0.39 is 5.60 Å². The Morgan fingerprint density at radius 3 is 2.82 bits per heavy atom. The first-order valence-electron chi connectivity index (χ1n) is 5.63. The van der Waals surface area contributed by atoms with Crippen molar-refractivity contribution in [1.29, 1.82) is 0 Å². The Labute approximate surface area is 105 Å². The summed E-state index contributed by atoms with van der Waals surface area (Å²) in [5.41, 5.74) is -0.683. The molecule has 0 radical (unpaired) electrons. The summed E-state index contributed by atoms with van der Waals surface area (Å²) in [5, 5.41) is 13.1. The lowest BCUT2D eigenvalue weighted by Gasteiger charge is -2.19. The van der Waals surface area contributed by atoms with Gasteiger partial charge in [0.25, 0.3) is 0 Å². The third-order valence-corrected chi connectivity index (χ3v) is 2.83. The summed E-state index contributed by atoms with van der Waals surface area (Å²) in [4.78, 5) is 14.2. The Morgan fingerprint density at radius 2 is 2.24 bits per heavy atom. The predicted octanol–water partition coefficient (Wildman–Crippen LogP) is 0.918. The van der Waals surface area contributed by atoms with Gasteiger partial charge in [-0.2, -0.15) is 15.0 Å². The Hall–Kier alpha value is -1.14. The van der Waals surface area contributed by atoms with Crippen LogP contribution in [0.1, 0.15) is 20.3 Å². The Kier molecular flexibility index (Phi) is 3.35. The fraction of sp³-hybridized carbons (Fsp3) is 0.700. The van der Waals surface area contributed by atoms with Gasteiger partial charge in [0.05, 0.1) is 5.60 Å². The van der Waals surface area contributed by atoms with E-state index in [1.807, 2.05) is 11.8 Å². The number of halogens is 1. The SMILES string of the molecule is CCNc1nc(Cl)nc(N2CCC(C)(O)C2)n1. The van der Waals surface area contributed by atoms with Gasteiger partial charge >= 0.3 is 0 Å². The lowest BCUT2D eigenvalue weighted by Crippen LogP contribution is -2.30. The van der Waals surface area contributed by atoms with Gasteiger partial charge in [0.15, 0.2) is 0 Å². The van der Waals surface area contributed by atoms with Crippen molar-refractivity contribution in [3.8, 4) is 0 Å². The smallest absolute Gasteiger partial charge is 0.231 e. The molecule has 1 aliphatic heterocycles. The van der Waals surface area contributed by atoms with Crippen LogP contribution < -0.4 is 10.2 Å². The van der Waals surface area contributed by atoms with E-state index in [1.54, 1.807) is 6.92 Å². The lowest BCUT2D eigenvalue weighted by molar-refractivity contribution is 0.0838. The highest BCUT2D eigenvalue weighted by Crippen LogP contribution is 2.24. The average Bonchev–Trinajstić information content (AvgIpc) is 2.58. The molecule has 6 nitrogen and oxygen atoms in total. The number of rotatable bonds is 3. The minimum absolute atomic E-state index is 0.164. The van der Waals surface area contributed by atoms with Crippen LogP contribution in [0.3, 0.4) is 0 Å². The highest BCUT2D eigenvalue weighted by Gasteiger charge is 2.33. The van der Waals surface area contributed by atoms with Crippen LogP contribution in [0.4, 0.5) is 11.9 Å². The zero-order valence-corrected chi connectivity index (χ0v) is 10.7. The van der Waals surface area contributed by atoms with Crippen molar-refractivity contribution in [3.63, 3.8) is 0 Å². The van der Waals surface area contributed by atoms with E-state index in [0.717, 1.165) is 13.1 Å². The fourth-order valence-corrected chi connectivity index (χ4v) is 1.99. The van der Waals surface area contributed by atoms with Crippen LogP contribution >= 0.6 is 11.6 Å². The zero-order chi connectivity index (χ0) is 12.5. The summed E-state index contributed by atoms with van der Waals surface area (Å²) in [7, 11) is 0. The van der Waals surface area contributed by atoms with Crippen molar-refractivity contribution in [1.82, 2.24) is 15.0 Å². The molecule has 0 spiro atoms. The molecule has 1 aromatic heterocycles. The van der Waals surface area contributed by atoms with Gasteiger partial charge in [-0.25, -0.2) is 0 Å². The van der Waals surface area contributed by atoms with Gasteiger partial charge in [-0.3, -0.25) is 0 Å². The molecule has 1 unspecified atom stereocenters. The van der Waals surface area contributed by atoms with Crippen LogP contribution in [0.2, 0.25) is 5.28 Å². The van der Waals surface area contributed by atoms with Crippen molar-refractivity contribution < 1.29 is 5.11 Å². The number of aromatic nitrogens is 3. The van der Waals surface area contributed by atoms with E-state index in [1.165, 1.54) is 0 Å². The van der Waals surface area contributed by atoms with Crippen molar-refractivity contribution in [2.75, 3.05) is 29.9 Å². The molecule has 2 N–H and O–H groups in total. The van der Waals surface area contributed by atoms with Gasteiger partial charge in [0.1, 0.15) is 0 Å².